The normalized spacial score (nSPS) is 15.4. The summed E-state index contributed by atoms with van der Waals surface area (Å²) < 4.78 is 0. The minimum absolute atomic E-state index is 0. The lowest BCUT2D eigenvalue weighted by Crippen LogP contribution is -2.44. The van der Waals surface area contributed by atoms with E-state index in [4.69, 9.17) is 5.11 Å². The van der Waals surface area contributed by atoms with E-state index >= 15 is 0 Å². The average molecular weight is 377 g/mol. The van der Waals surface area contributed by atoms with Crippen LogP contribution in [-0.2, 0) is 9.59 Å². The number of halogens is 1. The molecule has 1 amide bonds. The Labute approximate surface area is 160 Å². The lowest BCUT2D eigenvalue weighted by molar-refractivity contribution is -0.143. The zero-order valence-electron chi connectivity index (χ0n) is 14.9. The maximum atomic E-state index is 12.9. The van der Waals surface area contributed by atoms with Gasteiger partial charge in [-0.2, -0.15) is 0 Å². The third-order valence-electron chi connectivity index (χ3n) is 4.97. The molecule has 0 radical (unpaired) electrons. The monoisotopic (exact) mass is 376 g/mol. The number of benzene rings is 2. The number of rotatable bonds is 5. The molecule has 0 unspecified atom stereocenters. The molecule has 6 heteroatoms. The van der Waals surface area contributed by atoms with Crippen LogP contribution in [0.15, 0.2) is 42.5 Å². The van der Waals surface area contributed by atoms with Crippen LogP contribution in [0, 0.1) is 5.92 Å². The van der Waals surface area contributed by atoms with Crippen LogP contribution < -0.4 is 4.90 Å². The van der Waals surface area contributed by atoms with Gasteiger partial charge in [0.15, 0.2) is 0 Å². The van der Waals surface area contributed by atoms with E-state index in [1.54, 1.807) is 0 Å². The van der Waals surface area contributed by atoms with Gasteiger partial charge >= 0.3 is 5.97 Å². The minimum Gasteiger partial charge on any atom is -0.481 e. The second-order valence-electron chi connectivity index (χ2n) is 6.52. The molecule has 0 aromatic heterocycles. The molecule has 1 N–H and O–H groups in total. The quantitative estimate of drug-likeness (QED) is 0.868. The highest BCUT2D eigenvalue weighted by Crippen LogP contribution is 2.27. The van der Waals surface area contributed by atoms with Crippen LogP contribution in [0.5, 0.6) is 0 Å². The molecule has 0 bridgehead atoms. The summed E-state index contributed by atoms with van der Waals surface area (Å²) in [6.07, 6.45) is 1.23. The summed E-state index contributed by atoms with van der Waals surface area (Å²) in [6, 6.07) is 14.1. The Morgan fingerprint density at radius 3 is 2.42 bits per heavy atom. The first-order valence-electron chi connectivity index (χ1n) is 8.83. The van der Waals surface area contributed by atoms with Crippen LogP contribution in [0.3, 0.4) is 0 Å². The summed E-state index contributed by atoms with van der Waals surface area (Å²) in [5.74, 6) is -0.934. The van der Waals surface area contributed by atoms with Crippen molar-refractivity contribution < 1.29 is 14.7 Å². The zero-order chi connectivity index (χ0) is 17.8. The number of nitrogens with zero attached hydrogens (tertiary/aromatic N) is 2. The highest BCUT2D eigenvalue weighted by molar-refractivity contribution is 6.04. The fraction of sp³-hybridized carbons (Fsp3) is 0.400. The lowest BCUT2D eigenvalue weighted by Gasteiger charge is -2.31. The van der Waals surface area contributed by atoms with E-state index < -0.39 is 5.97 Å². The van der Waals surface area contributed by atoms with Crippen molar-refractivity contribution in [1.29, 1.82) is 0 Å². The van der Waals surface area contributed by atoms with Gasteiger partial charge < -0.3 is 10.0 Å². The van der Waals surface area contributed by atoms with Crippen LogP contribution in [0.25, 0.3) is 10.8 Å². The first-order valence-corrected chi connectivity index (χ1v) is 8.83. The largest absolute Gasteiger partial charge is 0.481 e. The highest BCUT2D eigenvalue weighted by atomic mass is 35.5. The molecule has 5 nitrogen and oxygen atoms in total. The number of anilines is 1. The molecule has 1 aliphatic rings. The maximum Gasteiger partial charge on any atom is 0.306 e. The standard InChI is InChI=1S/C20H24N2O3.ClH/c1-2-22(18-9-5-7-15-6-3-4-8-17(15)18)19(23)14-21-12-10-16(11-13-21)20(24)25;/h3-9,16H,2,10-14H2,1H3,(H,24,25);1H. The number of hydrogen-bond acceptors (Lipinski definition) is 3. The number of carboxylic acid groups (broad SMARTS) is 1. The number of piperidine rings is 1. The SMILES string of the molecule is CCN(C(=O)CN1CCC(C(=O)O)CC1)c1cccc2ccccc12.Cl. The van der Waals surface area contributed by atoms with E-state index in [-0.39, 0.29) is 24.2 Å². The molecule has 0 saturated carbocycles. The van der Waals surface area contributed by atoms with Crippen molar-refractivity contribution in [3.63, 3.8) is 0 Å². The lowest BCUT2D eigenvalue weighted by atomic mass is 9.97. The predicted octanol–water partition coefficient (Wildman–Crippen LogP) is 3.41. The van der Waals surface area contributed by atoms with Gasteiger partial charge in [-0.1, -0.05) is 36.4 Å². The number of amides is 1. The smallest absolute Gasteiger partial charge is 0.306 e. The predicted molar refractivity (Wildman–Crippen MR) is 106 cm³/mol. The molecule has 2 aromatic rings. The van der Waals surface area contributed by atoms with Gasteiger partial charge in [0.2, 0.25) is 5.91 Å². The Balaban J connectivity index is 0.00000243. The minimum atomic E-state index is -0.725. The molecule has 1 saturated heterocycles. The van der Waals surface area contributed by atoms with Crippen LogP contribution in [-0.4, -0.2) is 48.1 Å². The molecule has 1 heterocycles. The zero-order valence-corrected chi connectivity index (χ0v) is 15.7. The van der Waals surface area contributed by atoms with E-state index in [0.29, 0.717) is 39.0 Å². The van der Waals surface area contributed by atoms with Gasteiger partial charge in [0.05, 0.1) is 18.2 Å². The summed E-state index contributed by atoms with van der Waals surface area (Å²) in [4.78, 5) is 27.8. The Bertz CT molecular complexity index is 767. The first kappa shape index (κ1) is 20.2. The van der Waals surface area contributed by atoms with Crippen molar-refractivity contribution in [2.45, 2.75) is 19.8 Å². The van der Waals surface area contributed by atoms with Crippen molar-refractivity contribution in [3.8, 4) is 0 Å². The molecule has 0 spiro atoms. The van der Waals surface area contributed by atoms with Gasteiger partial charge in [-0.15, -0.1) is 12.4 Å². The molecule has 140 valence electrons. The Morgan fingerprint density at radius 1 is 1.12 bits per heavy atom. The van der Waals surface area contributed by atoms with E-state index in [2.05, 4.69) is 4.90 Å². The van der Waals surface area contributed by atoms with E-state index in [1.807, 2.05) is 54.3 Å². The summed E-state index contributed by atoms with van der Waals surface area (Å²) >= 11 is 0. The number of likely N-dealkylation sites (tertiary alicyclic amines) is 1. The number of fused-ring (bicyclic) bond motifs is 1. The van der Waals surface area contributed by atoms with Crippen LogP contribution in [0.4, 0.5) is 5.69 Å². The van der Waals surface area contributed by atoms with Crippen molar-refractivity contribution in [2.75, 3.05) is 31.1 Å². The topological polar surface area (TPSA) is 60.9 Å². The van der Waals surface area contributed by atoms with E-state index in [0.717, 1.165) is 16.5 Å². The second kappa shape index (κ2) is 9.01. The molecular formula is C20H25ClN2O3. The number of carbonyl (C=O) groups excluding carboxylic acids is 1. The molecule has 0 atom stereocenters. The summed E-state index contributed by atoms with van der Waals surface area (Å²) in [7, 11) is 0. The Morgan fingerprint density at radius 2 is 1.77 bits per heavy atom. The molecule has 0 aliphatic carbocycles. The number of aliphatic carboxylic acids is 1. The van der Waals surface area contributed by atoms with Gasteiger partial charge in [0, 0.05) is 11.9 Å². The Kier molecular flexibility index (Phi) is 7.00. The third-order valence-corrected chi connectivity index (χ3v) is 4.97. The molecule has 26 heavy (non-hydrogen) atoms. The molecule has 3 rings (SSSR count). The van der Waals surface area contributed by atoms with Gasteiger partial charge in [-0.05, 0) is 44.3 Å². The second-order valence-corrected chi connectivity index (χ2v) is 6.52. The van der Waals surface area contributed by atoms with Crippen molar-refractivity contribution >= 4 is 40.7 Å². The number of carbonyl (C=O) groups is 2. The number of likely N-dealkylation sites (N-methyl/N-ethyl adjacent to an activating group) is 1. The van der Waals surface area contributed by atoms with Crippen molar-refractivity contribution in [3.05, 3.63) is 42.5 Å². The number of hydrogen-bond donors (Lipinski definition) is 1. The van der Waals surface area contributed by atoms with Gasteiger partial charge in [-0.25, -0.2) is 0 Å². The van der Waals surface area contributed by atoms with Crippen molar-refractivity contribution in [1.82, 2.24) is 4.90 Å². The first-order chi connectivity index (χ1) is 12.1. The van der Waals surface area contributed by atoms with Crippen LogP contribution in [0.1, 0.15) is 19.8 Å². The van der Waals surface area contributed by atoms with Gasteiger partial charge in [0.1, 0.15) is 0 Å². The van der Waals surface area contributed by atoms with Crippen molar-refractivity contribution in [2.24, 2.45) is 5.92 Å². The van der Waals surface area contributed by atoms with Crippen LogP contribution in [0.2, 0.25) is 0 Å². The number of carboxylic acids is 1. The van der Waals surface area contributed by atoms with E-state index in [1.165, 1.54) is 0 Å². The average Bonchev–Trinajstić information content (AvgIpc) is 2.63. The fourth-order valence-electron chi connectivity index (χ4n) is 3.54. The fourth-order valence-corrected chi connectivity index (χ4v) is 3.54. The highest BCUT2D eigenvalue weighted by Gasteiger charge is 2.27. The molecular weight excluding hydrogens is 352 g/mol. The Hall–Kier alpha value is -2.11. The molecule has 1 aliphatic heterocycles. The van der Waals surface area contributed by atoms with Crippen LogP contribution >= 0.6 is 12.4 Å². The summed E-state index contributed by atoms with van der Waals surface area (Å²) in [5, 5.41) is 11.3. The van der Waals surface area contributed by atoms with Gasteiger partial charge in [-0.3, -0.25) is 14.5 Å². The van der Waals surface area contributed by atoms with E-state index in [9.17, 15) is 9.59 Å². The van der Waals surface area contributed by atoms with Gasteiger partial charge in [0.25, 0.3) is 0 Å². The summed E-state index contributed by atoms with van der Waals surface area (Å²) in [6.45, 7) is 4.25. The molecule has 1 fully saturated rings. The third kappa shape index (κ3) is 4.34. The summed E-state index contributed by atoms with van der Waals surface area (Å²) in [5.41, 5.74) is 0.936. The molecule has 2 aromatic carbocycles. The maximum absolute atomic E-state index is 12.9.